The molecule has 1 N–H and O–H groups in total. The van der Waals surface area contributed by atoms with Crippen LogP contribution in [0.1, 0.15) is 25.1 Å². The van der Waals surface area contributed by atoms with Crippen LogP contribution in [0.3, 0.4) is 0 Å². The molecular weight excluding hydrogens is 316 g/mol. The monoisotopic (exact) mass is 336 g/mol. The molecule has 2 rings (SSSR count). The molecule has 0 aliphatic heterocycles. The lowest BCUT2D eigenvalue weighted by Crippen LogP contribution is -2.23. The van der Waals surface area contributed by atoms with Gasteiger partial charge in [-0.15, -0.1) is 0 Å². The smallest absolute Gasteiger partial charge is 0.123 e. The van der Waals surface area contributed by atoms with Crippen molar-refractivity contribution >= 4 is 15.9 Å². The van der Waals surface area contributed by atoms with Crippen molar-refractivity contribution in [1.82, 2.24) is 9.88 Å². The third-order valence-corrected chi connectivity index (χ3v) is 3.69. The lowest BCUT2D eigenvalue weighted by Gasteiger charge is -2.14. The maximum absolute atomic E-state index is 5.44. The Labute approximate surface area is 129 Å². The Bertz CT molecular complexity index is 563. The molecule has 3 nitrogen and oxygen atoms in total. The van der Waals surface area contributed by atoms with Gasteiger partial charge in [0.05, 0.1) is 13.7 Å². The highest BCUT2D eigenvalue weighted by Gasteiger charge is 2.07. The minimum absolute atomic E-state index is 0.485. The van der Waals surface area contributed by atoms with Crippen molar-refractivity contribution in [2.75, 3.05) is 7.11 Å². The van der Waals surface area contributed by atoms with Crippen molar-refractivity contribution in [3.05, 3.63) is 52.3 Å². The van der Waals surface area contributed by atoms with Gasteiger partial charge >= 0.3 is 0 Å². The zero-order valence-electron chi connectivity index (χ0n) is 12.2. The van der Waals surface area contributed by atoms with Crippen LogP contribution in [0, 0.1) is 0 Å². The number of benzene rings is 1. The first kappa shape index (κ1) is 15.1. The molecule has 4 heteroatoms. The molecule has 0 saturated carbocycles. The van der Waals surface area contributed by atoms with Gasteiger partial charge in [-0.05, 0) is 30.3 Å². The van der Waals surface area contributed by atoms with Gasteiger partial charge in [-0.3, -0.25) is 0 Å². The largest absolute Gasteiger partial charge is 0.496 e. The van der Waals surface area contributed by atoms with Crippen molar-refractivity contribution in [2.45, 2.75) is 33.0 Å². The molecule has 1 aromatic carbocycles. The Hall–Kier alpha value is -1.26. The third kappa shape index (κ3) is 3.87. The second-order valence-corrected chi connectivity index (χ2v) is 6.03. The van der Waals surface area contributed by atoms with Gasteiger partial charge in [-0.2, -0.15) is 0 Å². The number of hydrogen-bond acceptors (Lipinski definition) is 2. The zero-order chi connectivity index (χ0) is 14.5. The van der Waals surface area contributed by atoms with Crippen LogP contribution in [0.2, 0.25) is 0 Å². The Morgan fingerprint density at radius 3 is 2.80 bits per heavy atom. The van der Waals surface area contributed by atoms with Crippen LogP contribution < -0.4 is 10.1 Å². The highest BCUT2D eigenvalue weighted by molar-refractivity contribution is 9.10. The predicted octanol–water partition coefficient (Wildman–Crippen LogP) is 3.81. The van der Waals surface area contributed by atoms with Gasteiger partial charge in [0.2, 0.25) is 0 Å². The van der Waals surface area contributed by atoms with E-state index in [0.717, 1.165) is 23.3 Å². The van der Waals surface area contributed by atoms with Gasteiger partial charge in [0.25, 0.3) is 0 Å². The zero-order valence-corrected chi connectivity index (χ0v) is 13.8. The summed E-state index contributed by atoms with van der Waals surface area (Å²) in [6.45, 7) is 6.00. The summed E-state index contributed by atoms with van der Waals surface area (Å²) in [6, 6.07) is 10.8. The molecule has 0 radical (unpaired) electrons. The standard InChI is InChI=1S/C16H21BrN2O/c1-12(2)18-10-15-5-4-8-19(15)11-13-9-14(17)6-7-16(13)20-3/h4-9,12,18H,10-11H2,1-3H3. The summed E-state index contributed by atoms with van der Waals surface area (Å²) in [6.07, 6.45) is 2.11. The lowest BCUT2D eigenvalue weighted by molar-refractivity contribution is 0.408. The van der Waals surface area contributed by atoms with Crippen LogP contribution in [0.25, 0.3) is 0 Å². The molecule has 1 aromatic heterocycles. The van der Waals surface area contributed by atoms with E-state index in [9.17, 15) is 0 Å². The van der Waals surface area contributed by atoms with Gasteiger partial charge in [-0.1, -0.05) is 29.8 Å². The first-order chi connectivity index (χ1) is 9.60. The van der Waals surface area contributed by atoms with Crippen LogP contribution >= 0.6 is 15.9 Å². The van der Waals surface area contributed by atoms with Crippen LogP contribution in [0.5, 0.6) is 5.75 Å². The van der Waals surface area contributed by atoms with Crippen molar-refractivity contribution in [2.24, 2.45) is 0 Å². The molecule has 0 spiro atoms. The predicted molar refractivity (Wildman–Crippen MR) is 86.2 cm³/mol. The summed E-state index contributed by atoms with van der Waals surface area (Å²) in [5.74, 6) is 0.921. The molecule has 0 bridgehead atoms. The van der Waals surface area contributed by atoms with Crippen molar-refractivity contribution in [3.63, 3.8) is 0 Å². The quantitative estimate of drug-likeness (QED) is 0.868. The van der Waals surface area contributed by atoms with Crippen molar-refractivity contribution in [1.29, 1.82) is 0 Å². The molecule has 0 aliphatic carbocycles. The Kier molecular flexibility index (Phi) is 5.26. The normalized spacial score (nSPS) is 11.1. The fourth-order valence-corrected chi connectivity index (χ4v) is 2.54. The number of ether oxygens (including phenoxy) is 1. The molecule has 0 aliphatic rings. The summed E-state index contributed by atoms with van der Waals surface area (Å²) in [5.41, 5.74) is 2.45. The average Bonchev–Trinajstić information content (AvgIpc) is 2.84. The Morgan fingerprint density at radius 2 is 2.10 bits per heavy atom. The van der Waals surface area contributed by atoms with E-state index < -0.39 is 0 Å². The second-order valence-electron chi connectivity index (χ2n) is 5.12. The number of methoxy groups -OCH3 is 1. The highest BCUT2D eigenvalue weighted by Crippen LogP contribution is 2.24. The van der Waals surface area contributed by atoms with Gasteiger partial charge in [0, 0.05) is 34.5 Å². The molecule has 108 valence electrons. The minimum Gasteiger partial charge on any atom is -0.496 e. The lowest BCUT2D eigenvalue weighted by atomic mass is 10.2. The van der Waals surface area contributed by atoms with E-state index in [-0.39, 0.29) is 0 Å². The van der Waals surface area contributed by atoms with Crippen molar-refractivity contribution < 1.29 is 4.74 Å². The Balaban J connectivity index is 2.18. The fraction of sp³-hybridized carbons (Fsp3) is 0.375. The number of halogens is 1. The molecule has 0 atom stereocenters. The fourth-order valence-electron chi connectivity index (χ4n) is 2.13. The van der Waals surface area contributed by atoms with E-state index in [0.29, 0.717) is 6.04 Å². The minimum atomic E-state index is 0.485. The molecule has 2 aromatic rings. The summed E-state index contributed by atoms with van der Waals surface area (Å²) in [7, 11) is 1.71. The third-order valence-electron chi connectivity index (χ3n) is 3.20. The molecule has 0 amide bonds. The summed E-state index contributed by atoms with van der Waals surface area (Å²) in [4.78, 5) is 0. The first-order valence-corrected chi connectivity index (χ1v) is 7.59. The van der Waals surface area contributed by atoms with Gasteiger partial charge in [0.1, 0.15) is 5.75 Å². The molecule has 0 fully saturated rings. The van der Waals surface area contributed by atoms with Crippen LogP contribution in [0.4, 0.5) is 0 Å². The number of hydrogen-bond donors (Lipinski definition) is 1. The maximum atomic E-state index is 5.44. The summed E-state index contributed by atoms with van der Waals surface area (Å²) < 4.78 is 8.76. The first-order valence-electron chi connectivity index (χ1n) is 6.80. The second kappa shape index (κ2) is 6.95. The van der Waals surface area contributed by atoms with Crippen LogP contribution in [-0.4, -0.2) is 17.7 Å². The maximum Gasteiger partial charge on any atom is 0.123 e. The van der Waals surface area contributed by atoms with Crippen molar-refractivity contribution in [3.8, 4) is 5.75 Å². The Morgan fingerprint density at radius 1 is 1.30 bits per heavy atom. The highest BCUT2D eigenvalue weighted by atomic mass is 79.9. The van der Waals surface area contributed by atoms with Gasteiger partial charge in [-0.25, -0.2) is 0 Å². The average molecular weight is 337 g/mol. The van der Waals surface area contributed by atoms with E-state index in [1.54, 1.807) is 7.11 Å². The number of nitrogens with one attached hydrogen (secondary N) is 1. The van der Waals surface area contributed by atoms with Crippen LogP contribution in [0.15, 0.2) is 41.0 Å². The number of nitrogens with zero attached hydrogens (tertiary/aromatic N) is 1. The summed E-state index contributed by atoms with van der Waals surface area (Å²) in [5, 5.41) is 3.45. The topological polar surface area (TPSA) is 26.2 Å². The SMILES string of the molecule is COc1ccc(Br)cc1Cn1cccc1CNC(C)C. The molecule has 0 saturated heterocycles. The van der Waals surface area contributed by atoms with E-state index >= 15 is 0 Å². The molecule has 20 heavy (non-hydrogen) atoms. The molecule has 1 heterocycles. The van der Waals surface area contributed by atoms with Crippen LogP contribution in [-0.2, 0) is 13.1 Å². The summed E-state index contributed by atoms with van der Waals surface area (Å²) >= 11 is 3.52. The number of aromatic nitrogens is 1. The van der Waals surface area contributed by atoms with E-state index in [4.69, 9.17) is 4.74 Å². The van der Waals surface area contributed by atoms with E-state index in [2.05, 4.69) is 64.1 Å². The van der Waals surface area contributed by atoms with E-state index in [1.165, 1.54) is 11.3 Å². The van der Waals surface area contributed by atoms with Gasteiger partial charge < -0.3 is 14.6 Å². The number of rotatable bonds is 6. The molecule has 0 unspecified atom stereocenters. The van der Waals surface area contributed by atoms with Gasteiger partial charge in [0.15, 0.2) is 0 Å². The molecular formula is C16H21BrN2O. The van der Waals surface area contributed by atoms with E-state index in [1.807, 2.05) is 12.1 Å².